The van der Waals surface area contributed by atoms with E-state index < -0.39 is 30.0 Å². The van der Waals surface area contributed by atoms with Gasteiger partial charge in [-0.15, -0.1) is 0 Å². The maximum absolute atomic E-state index is 11.9. The summed E-state index contributed by atoms with van der Waals surface area (Å²) >= 11 is 0. The lowest BCUT2D eigenvalue weighted by Crippen LogP contribution is -2.30. The molecule has 0 bridgehead atoms. The number of para-hydroxylation sites is 1. The van der Waals surface area contributed by atoms with Crippen LogP contribution in [0.3, 0.4) is 0 Å². The van der Waals surface area contributed by atoms with Crippen molar-refractivity contribution in [3.63, 3.8) is 0 Å². The van der Waals surface area contributed by atoms with Crippen molar-refractivity contribution >= 4 is 42.4 Å². The van der Waals surface area contributed by atoms with Gasteiger partial charge in [-0.05, 0) is 30.1 Å². The number of fused-ring (bicyclic) bond motifs is 1. The molecule has 3 rings (SSSR count). The van der Waals surface area contributed by atoms with Gasteiger partial charge in [0, 0.05) is 22.9 Å². The van der Waals surface area contributed by atoms with Gasteiger partial charge >= 0.3 is 0 Å². The number of hydrazine groups is 1. The Morgan fingerprint density at radius 1 is 0.821 bits per heavy atom. The maximum atomic E-state index is 11.9. The van der Waals surface area contributed by atoms with Crippen LogP contribution in [0.25, 0.3) is 10.8 Å². The van der Waals surface area contributed by atoms with Crippen LogP contribution in [0.1, 0.15) is 6.92 Å². The number of nitrogens with one attached hydrogen (secondary N) is 1. The van der Waals surface area contributed by atoms with Crippen molar-refractivity contribution in [2.24, 2.45) is 0 Å². The van der Waals surface area contributed by atoms with Crippen molar-refractivity contribution in [2.75, 3.05) is 12.0 Å². The summed E-state index contributed by atoms with van der Waals surface area (Å²) in [4.78, 5) is -0.927. The fourth-order valence-corrected chi connectivity index (χ4v) is 4.35. The Morgan fingerprint density at radius 2 is 1.46 bits per heavy atom. The summed E-state index contributed by atoms with van der Waals surface area (Å²) in [5.41, 5.74) is 4.03. The highest BCUT2D eigenvalue weighted by atomic mass is 32.2. The molecule has 0 aliphatic carbocycles. The molecule has 0 atom stereocenters. The molecule has 0 amide bonds. The molecule has 0 heterocycles. The van der Waals surface area contributed by atoms with E-state index in [0.29, 0.717) is 6.54 Å². The average molecular weight is 422 g/mol. The zero-order valence-corrected chi connectivity index (χ0v) is 16.4. The SMILES string of the molecule is CC[N+](Nc1cc(S(=O)(=O)O)c2cccc(S(=O)(=O)O)c2c1)c1ccccc1. The highest BCUT2D eigenvalue weighted by molar-refractivity contribution is 7.86. The average Bonchev–Trinajstić information content (AvgIpc) is 2.64. The molecule has 147 valence electrons. The van der Waals surface area contributed by atoms with Gasteiger partial charge < -0.3 is 0 Å². The minimum atomic E-state index is -4.66. The van der Waals surface area contributed by atoms with Crippen molar-refractivity contribution < 1.29 is 25.9 Å². The molecule has 3 N–H and O–H groups in total. The minimum absolute atomic E-state index is 0.0223. The molecule has 1 radical (unpaired) electrons. The van der Waals surface area contributed by atoms with Crippen LogP contribution in [-0.4, -0.2) is 32.5 Å². The smallest absolute Gasteiger partial charge is 0.282 e. The van der Waals surface area contributed by atoms with Gasteiger partial charge in [0.15, 0.2) is 6.54 Å². The van der Waals surface area contributed by atoms with Crippen LogP contribution in [0.5, 0.6) is 0 Å². The third-order valence-corrected chi connectivity index (χ3v) is 5.93. The van der Waals surface area contributed by atoms with Gasteiger partial charge in [0.2, 0.25) is 5.69 Å². The Hall–Kier alpha value is -2.50. The van der Waals surface area contributed by atoms with Crippen molar-refractivity contribution in [1.82, 2.24) is 5.01 Å². The summed E-state index contributed by atoms with van der Waals surface area (Å²) < 4.78 is 66.4. The van der Waals surface area contributed by atoms with Gasteiger partial charge in [0.1, 0.15) is 9.79 Å². The van der Waals surface area contributed by atoms with E-state index in [0.717, 1.165) is 11.8 Å². The summed E-state index contributed by atoms with van der Waals surface area (Å²) in [6.07, 6.45) is 0. The van der Waals surface area contributed by atoms with Gasteiger partial charge in [-0.25, -0.2) is 0 Å². The lowest BCUT2D eigenvalue weighted by atomic mass is 10.1. The quantitative estimate of drug-likeness (QED) is 0.316. The van der Waals surface area contributed by atoms with Crippen LogP contribution in [-0.2, 0) is 20.2 Å². The van der Waals surface area contributed by atoms with Gasteiger partial charge in [0.05, 0.1) is 5.69 Å². The second kappa shape index (κ2) is 7.49. The van der Waals surface area contributed by atoms with E-state index in [-0.39, 0.29) is 16.5 Å². The minimum Gasteiger partial charge on any atom is -0.282 e. The van der Waals surface area contributed by atoms with E-state index in [4.69, 9.17) is 0 Å². The molecule has 0 aromatic heterocycles. The number of nitrogens with zero attached hydrogens (tertiary/aromatic N) is 1. The summed E-state index contributed by atoms with van der Waals surface area (Å²) in [5.74, 6) is 0. The zero-order valence-electron chi connectivity index (χ0n) is 14.8. The van der Waals surface area contributed by atoms with Crippen LogP contribution >= 0.6 is 0 Å². The molecule has 0 spiro atoms. The molecule has 28 heavy (non-hydrogen) atoms. The first-order valence-corrected chi connectivity index (χ1v) is 11.1. The molecular weight excluding hydrogens is 404 g/mol. The van der Waals surface area contributed by atoms with Crippen LogP contribution in [0.4, 0.5) is 11.4 Å². The van der Waals surface area contributed by atoms with Gasteiger partial charge in [-0.2, -0.15) is 22.3 Å². The van der Waals surface area contributed by atoms with E-state index in [1.54, 1.807) is 5.01 Å². The fraction of sp³-hybridized carbons (Fsp3) is 0.111. The van der Waals surface area contributed by atoms with Crippen molar-refractivity contribution in [3.05, 3.63) is 60.7 Å². The molecule has 10 heteroatoms. The molecule has 8 nitrogen and oxygen atoms in total. The largest absolute Gasteiger partial charge is 0.295 e. The number of benzene rings is 3. The van der Waals surface area contributed by atoms with Crippen LogP contribution in [0.2, 0.25) is 0 Å². The number of hydrogen-bond donors (Lipinski definition) is 3. The Labute approximate surface area is 162 Å². The van der Waals surface area contributed by atoms with Crippen LogP contribution < -0.4 is 10.4 Å². The fourth-order valence-electron chi connectivity index (χ4n) is 2.92. The van der Waals surface area contributed by atoms with E-state index in [1.165, 1.54) is 24.3 Å². The van der Waals surface area contributed by atoms with E-state index in [1.807, 2.05) is 37.3 Å². The molecular formula is C18H18N2O6S2+. The van der Waals surface area contributed by atoms with Crippen molar-refractivity contribution in [2.45, 2.75) is 16.7 Å². The Balaban J connectivity index is 2.23. The number of hydrogen-bond acceptors (Lipinski definition) is 6. The molecule has 0 aliphatic heterocycles. The predicted octanol–water partition coefficient (Wildman–Crippen LogP) is 3.15. The monoisotopic (exact) mass is 422 g/mol. The van der Waals surface area contributed by atoms with Gasteiger partial charge in [-0.1, -0.05) is 30.3 Å². The van der Waals surface area contributed by atoms with Crippen LogP contribution in [0, 0.1) is 0 Å². The summed E-state index contributed by atoms with van der Waals surface area (Å²) in [6.45, 7) is 2.37. The lowest BCUT2D eigenvalue weighted by molar-refractivity contribution is 0.481. The third kappa shape index (κ3) is 4.16. The molecule has 3 aromatic rings. The van der Waals surface area contributed by atoms with Crippen molar-refractivity contribution in [1.29, 1.82) is 0 Å². The maximum Gasteiger partial charge on any atom is 0.295 e. The Bertz CT molecular complexity index is 1230. The molecule has 0 saturated heterocycles. The molecule has 0 unspecified atom stereocenters. The van der Waals surface area contributed by atoms with Gasteiger partial charge in [-0.3, -0.25) is 9.11 Å². The first-order valence-electron chi connectivity index (χ1n) is 8.22. The molecule has 0 fully saturated rings. The first kappa shape index (κ1) is 20.2. The zero-order chi connectivity index (χ0) is 20.5. The number of anilines is 2. The highest BCUT2D eigenvalue weighted by Crippen LogP contribution is 2.32. The highest BCUT2D eigenvalue weighted by Gasteiger charge is 2.23. The Morgan fingerprint density at radius 3 is 2.04 bits per heavy atom. The third-order valence-electron chi connectivity index (χ3n) is 4.12. The summed E-state index contributed by atoms with van der Waals surface area (Å²) in [5, 5.41) is 1.66. The van der Waals surface area contributed by atoms with E-state index in [2.05, 4.69) is 5.43 Å². The Kier molecular flexibility index (Phi) is 5.41. The number of rotatable bonds is 6. The summed E-state index contributed by atoms with van der Waals surface area (Å²) in [6, 6.07) is 15.6. The van der Waals surface area contributed by atoms with Gasteiger partial charge in [0.25, 0.3) is 20.2 Å². The second-order valence-electron chi connectivity index (χ2n) is 5.97. The first-order chi connectivity index (χ1) is 13.1. The second-order valence-corrected chi connectivity index (χ2v) is 8.75. The summed E-state index contributed by atoms with van der Waals surface area (Å²) in [7, 11) is -9.27. The lowest BCUT2D eigenvalue weighted by Gasteiger charge is -2.14. The topological polar surface area (TPSA) is 127 Å². The molecule has 3 aromatic carbocycles. The standard InChI is InChI=1S/C18H18N2O6S2/c1-2-20(14-7-4-3-5-8-14)19-13-11-16-15(18(12-13)28(24,25)26)9-6-10-17(16)27(21,22)23/h3-12,19H,2H2,1H3,(H,21,22,23)(H,24,25,26)/q+1. The molecule has 0 aliphatic rings. The molecule has 0 saturated carbocycles. The predicted molar refractivity (Wildman–Crippen MR) is 106 cm³/mol. The normalized spacial score (nSPS) is 12.4. The van der Waals surface area contributed by atoms with Crippen molar-refractivity contribution in [3.8, 4) is 0 Å². The van der Waals surface area contributed by atoms with E-state index in [9.17, 15) is 25.9 Å². The van der Waals surface area contributed by atoms with E-state index >= 15 is 0 Å². The van der Waals surface area contributed by atoms with Crippen LogP contribution in [0.15, 0.2) is 70.5 Å².